The van der Waals surface area contributed by atoms with Crippen molar-refractivity contribution in [3.05, 3.63) is 0 Å². The quantitative estimate of drug-likeness (QED) is 0.598. The smallest absolute Gasteiger partial charge is 0.241 e. The van der Waals surface area contributed by atoms with Gasteiger partial charge in [0.15, 0.2) is 6.29 Å². The fourth-order valence-corrected chi connectivity index (χ4v) is 2.10. The Balaban J connectivity index is 2.01. The third-order valence-electron chi connectivity index (χ3n) is 2.60. The van der Waals surface area contributed by atoms with E-state index in [2.05, 4.69) is 0 Å². The van der Waals surface area contributed by atoms with Crippen LogP contribution in [0.25, 0.3) is 0 Å². The zero-order chi connectivity index (χ0) is 12.8. The molecule has 2 heterocycles. The first kappa shape index (κ1) is 14.0. The Morgan fingerprint density at radius 1 is 1.18 bits per heavy atom. The summed E-state index contributed by atoms with van der Waals surface area (Å²) in [6.45, 7) is -0.547. The fraction of sp³-hybridized carbons (Fsp3) is 1.00. The van der Waals surface area contributed by atoms with Crippen LogP contribution in [0.5, 0.6) is 0 Å². The van der Waals surface area contributed by atoms with E-state index in [4.69, 9.17) is 54.1 Å². The average molecular weight is 310 g/mol. The molecule has 6 nitrogen and oxygen atoms in total. The first-order valence-electron chi connectivity index (χ1n) is 4.84. The lowest BCUT2D eigenvalue weighted by Gasteiger charge is -2.24. The lowest BCUT2D eigenvalue weighted by Crippen LogP contribution is -2.42. The van der Waals surface area contributed by atoms with Gasteiger partial charge in [0.05, 0.1) is 6.61 Å². The molecule has 3 N–H and O–H groups in total. The molecular weight excluding hydrogens is 298 g/mol. The van der Waals surface area contributed by atoms with Crippen molar-refractivity contribution in [2.75, 3.05) is 6.61 Å². The molecule has 2 aliphatic rings. The molecule has 0 amide bonds. The minimum Gasteiger partial charge on any atom is -0.394 e. The summed E-state index contributed by atoms with van der Waals surface area (Å²) in [5.41, 5.74) is 0. The molecule has 0 aromatic rings. The first-order chi connectivity index (χ1) is 7.84. The average Bonchev–Trinajstić information content (AvgIpc) is 2.77. The van der Waals surface area contributed by atoms with Crippen LogP contribution in [0.15, 0.2) is 0 Å². The van der Waals surface area contributed by atoms with Gasteiger partial charge in [-0.25, -0.2) is 0 Å². The first-order valence-corrected chi connectivity index (χ1v) is 5.98. The second kappa shape index (κ2) is 4.96. The maximum absolute atomic E-state index is 9.81. The molecule has 0 aliphatic carbocycles. The van der Waals surface area contributed by atoms with Gasteiger partial charge in [-0.1, -0.05) is 34.8 Å². The second-order valence-electron chi connectivity index (χ2n) is 3.82. The van der Waals surface area contributed by atoms with E-state index in [9.17, 15) is 10.2 Å². The predicted molar refractivity (Wildman–Crippen MR) is 57.8 cm³/mol. The Hall–Kier alpha value is 0.630. The lowest BCUT2D eigenvalue weighted by atomic mass is 10.1. The van der Waals surface area contributed by atoms with Crippen molar-refractivity contribution in [2.24, 2.45) is 0 Å². The van der Waals surface area contributed by atoms with E-state index in [0.29, 0.717) is 0 Å². The molecule has 2 fully saturated rings. The molecular formula is C8H11Cl3O6. The van der Waals surface area contributed by atoms with E-state index in [1.165, 1.54) is 0 Å². The third-order valence-corrected chi connectivity index (χ3v) is 3.14. The molecule has 0 saturated carbocycles. The summed E-state index contributed by atoms with van der Waals surface area (Å²) in [7, 11) is 0. The van der Waals surface area contributed by atoms with Crippen molar-refractivity contribution in [1.82, 2.24) is 0 Å². The highest BCUT2D eigenvalue weighted by atomic mass is 35.6. The largest absolute Gasteiger partial charge is 0.394 e. The van der Waals surface area contributed by atoms with Crippen molar-refractivity contribution in [3.8, 4) is 0 Å². The van der Waals surface area contributed by atoms with E-state index in [1.807, 2.05) is 0 Å². The van der Waals surface area contributed by atoms with Crippen LogP contribution in [0.4, 0.5) is 0 Å². The fourth-order valence-electron chi connectivity index (χ4n) is 1.79. The van der Waals surface area contributed by atoms with Crippen LogP contribution >= 0.6 is 34.8 Å². The van der Waals surface area contributed by atoms with Crippen LogP contribution in [0.3, 0.4) is 0 Å². The maximum Gasteiger partial charge on any atom is 0.241 e. The molecule has 0 aromatic heterocycles. The van der Waals surface area contributed by atoms with Crippen molar-refractivity contribution in [3.63, 3.8) is 0 Å². The van der Waals surface area contributed by atoms with Gasteiger partial charge >= 0.3 is 0 Å². The van der Waals surface area contributed by atoms with Gasteiger partial charge in [0.2, 0.25) is 10.1 Å². The summed E-state index contributed by atoms with van der Waals surface area (Å²) >= 11 is 16.7. The summed E-state index contributed by atoms with van der Waals surface area (Å²) in [4.78, 5) is 0. The van der Waals surface area contributed by atoms with Crippen LogP contribution in [-0.2, 0) is 14.2 Å². The molecule has 2 aliphatic heterocycles. The second-order valence-corrected chi connectivity index (χ2v) is 6.19. The highest BCUT2D eigenvalue weighted by Gasteiger charge is 2.57. The Kier molecular flexibility index (Phi) is 4.10. The predicted octanol–water partition coefficient (Wildman–Crippen LogP) is -0.463. The maximum atomic E-state index is 9.81. The van der Waals surface area contributed by atoms with Gasteiger partial charge in [0.25, 0.3) is 0 Å². The molecule has 0 spiro atoms. The monoisotopic (exact) mass is 308 g/mol. The summed E-state index contributed by atoms with van der Waals surface area (Å²) < 4.78 is 13.8. The van der Waals surface area contributed by atoms with Crippen molar-refractivity contribution < 1.29 is 29.5 Å². The Bertz CT molecular complexity index is 285. The van der Waals surface area contributed by atoms with Crippen LogP contribution < -0.4 is 0 Å². The number of rotatable bonds is 2. The van der Waals surface area contributed by atoms with Gasteiger partial charge < -0.3 is 29.5 Å². The molecule has 0 bridgehead atoms. The summed E-state index contributed by atoms with van der Waals surface area (Å²) in [6, 6.07) is 0. The number of aliphatic hydroxyl groups is 3. The molecule has 2 rings (SSSR count). The van der Waals surface area contributed by atoms with Gasteiger partial charge in [-0.3, -0.25) is 0 Å². The zero-order valence-corrected chi connectivity index (χ0v) is 10.6. The van der Waals surface area contributed by atoms with Crippen molar-refractivity contribution >= 4 is 34.8 Å². The number of aliphatic hydroxyl groups excluding tert-OH is 3. The topological polar surface area (TPSA) is 88.4 Å². The summed E-state index contributed by atoms with van der Waals surface area (Å²) in [5, 5.41) is 28.0. The molecule has 0 radical (unpaired) electrons. The number of hydrogen-bond acceptors (Lipinski definition) is 6. The highest BCUT2D eigenvalue weighted by Crippen LogP contribution is 2.42. The molecule has 17 heavy (non-hydrogen) atoms. The molecule has 2 saturated heterocycles. The van der Waals surface area contributed by atoms with Gasteiger partial charge in [0.1, 0.15) is 24.4 Å². The Labute approximate surface area is 112 Å². The Morgan fingerprint density at radius 2 is 1.82 bits per heavy atom. The van der Waals surface area contributed by atoms with Gasteiger partial charge in [0, 0.05) is 0 Å². The summed E-state index contributed by atoms with van der Waals surface area (Å²) in [5.74, 6) is 0. The normalized spacial score (nSPS) is 43.8. The molecule has 9 heteroatoms. The highest BCUT2D eigenvalue weighted by molar-refractivity contribution is 6.67. The molecule has 6 atom stereocenters. The molecule has 0 aromatic carbocycles. The Morgan fingerprint density at radius 3 is 2.29 bits per heavy atom. The minimum absolute atomic E-state index is 0.547. The third kappa shape index (κ3) is 2.65. The van der Waals surface area contributed by atoms with Gasteiger partial charge in [-0.2, -0.15) is 0 Å². The van der Waals surface area contributed by atoms with Crippen LogP contribution in [0, 0.1) is 0 Å². The lowest BCUT2D eigenvalue weighted by molar-refractivity contribution is -0.188. The van der Waals surface area contributed by atoms with Crippen LogP contribution in [0.2, 0.25) is 0 Å². The van der Waals surface area contributed by atoms with E-state index in [1.54, 1.807) is 0 Å². The van der Waals surface area contributed by atoms with Crippen molar-refractivity contribution in [1.29, 1.82) is 0 Å². The number of ether oxygens (including phenoxy) is 3. The van der Waals surface area contributed by atoms with Gasteiger partial charge in [-0.05, 0) is 0 Å². The van der Waals surface area contributed by atoms with Crippen molar-refractivity contribution in [2.45, 2.75) is 40.8 Å². The standard InChI is InChI=1S/C8H11Cl3O6/c9-8(10,11)7-16-5-3(14)4(2(13)1-12)15-6(5)17-7/h2-7,12-14H,1H2/t2-,3-,4+,5+,6+,7-/m0/s1. The van der Waals surface area contributed by atoms with E-state index in [-0.39, 0.29) is 0 Å². The summed E-state index contributed by atoms with van der Waals surface area (Å²) in [6.07, 6.45) is -6.33. The molecule has 100 valence electrons. The number of alkyl halides is 3. The minimum atomic E-state index is -1.79. The number of fused-ring (bicyclic) bond motifs is 1. The van der Waals surface area contributed by atoms with E-state index in [0.717, 1.165) is 0 Å². The number of hydrogen-bond donors (Lipinski definition) is 3. The number of halogens is 3. The van der Waals surface area contributed by atoms with E-state index >= 15 is 0 Å². The van der Waals surface area contributed by atoms with Crippen LogP contribution in [0.1, 0.15) is 0 Å². The van der Waals surface area contributed by atoms with E-state index < -0.39 is 47.4 Å². The van der Waals surface area contributed by atoms with Gasteiger partial charge in [-0.15, -0.1) is 0 Å². The SMILES string of the molecule is OC[C@H](O)[C@H]1O[C@@H]2O[C@@H](C(Cl)(Cl)Cl)O[C@@H]2[C@H]1O. The van der Waals surface area contributed by atoms with Crippen LogP contribution in [-0.4, -0.2) is 62.7 Å². The zero-order valence-electron chi connectivity index (χ0n) is 8.37. The molecule has 0 unspecified atom stereocenters.